The molecular weight excluding hydrogens is 294 g/mol. The summed E-state index contributed by atoms with van der Waals surface area (Å²) in [4.78, 5) is 25.9. The maximum atomic E-state index is 12.3. The highest BCUT2D eigenvalue weighted by Crippen LogP contribution is 2.16. The zero-order chi connectivity index (χ0) is 16.4. The number of fused-ring (bicyclic) bond motifs is 1. The lowest BCUT2D eigenvalue weighted by atomic mass is 10.2. The van der Waals surface area contributed by atoms with Crippen molar-refractivity contribution in [3.05, 3.63) is 47.8 Å². The first-order chi connectivity index (χ1) is 11.0. The first-order valence-electron chi connectivity index (χ1n) is 7.52. The zero-order valence-corrected chi connectivity index (χ0v) is 12.9. The number of rotatable bonds is 3. The van der Waals surface area contributed by atoms with Crippen LogP contribution in [-0.2, 0) is 17.9 Å². The van der Waals surface area contributed by atoms with Crippen LogP contribution in [-0.4, -0.2) is 39.1 Å². The molecule has 2 aromatic rings. The monoisotopic (exact) mass is 313 g/mol. The maximum absolute atomic E-state index is 12.3. The lowest BCUT2D eigenvalue weighted by molar-refractivity contribution is -0.133. The first-order valence-corrected chi connectivity index (χ1v) is 7.52. The molecule has 3 N–H and O–H groups in total. The van der Waals surface area contributed by atoms with Gasteiger partial charge in [0.1, 0.15) is 0 Å². The third-order valence-electron chi connectivity index (χ3n) is 3.76. The van der Waals surface area contributed by atoms with Gasteiger partial charge in [-0.15, -0.1) is 0 Å². The van der Waals surface area contributed by atoms with Crippen LogP contribution >= 0.6 is 0 Å². The molecule has 0 aliphatic carbocycles. The summed E-state index contributed by atoms with van der Waals surface area (Å²) in [5, 5.41) is 7.13. The van der Waals surface area contributed by atoms with Gasteiger partial charge in [-0.1, -0.05) is 18.2 Å². The van der Waals surface area contributed by atoms with Crippen molar-refractivity contribution in [2.45, 2.75) is 26.1 Å². The van der Waals surface area contributed by atoms with Crippen LogP contribution in [0.25, 0.3) is 0 Å². The summed E-state index contributed by atoms with van der Waals surface area (Å²) >= 11 is 0. The minimum absolute atomic E-state index is 0.0901. The number of nitrogens with two attached hydrogens (primary N) is 1. The van der Waals surface area contributed by atoms with Gasteiger partial charge in [-0.2, -0.15) is 5.10 Å². The lowest BCUT2D eigenvalue weighted by Crippen LogP contribution is -2.45. The second-order valence-corrected chi connectivity index (χ2v) is 5.61. The molecule has 0 bridgehead atoms. The third-order valence-corrected chi connectivity index (χ3v) is 3.76. The highest BCUT2D eigenvalue weighted by atomic mass is 16.2. The van der Waals surface area contributed by atoms with Crippen LogP contribution in [0.15, 0.2) is 36.4 Å². The molecule has 120 valence electrons. The second-order valence-electron chi connectivity index (χ2n) is 5.61. The molecule has 1 aliphatic heterocycles. The summed E-state index contributed by atoms with van der Waals surface area (Å²) in [6.07, 6.45) is 0. The van der Waals surface area contributed by atoms with E-state index in [1.165, 1.54) is 0 Å². The molecule has 7 nitrogen and oxygen atoms in total. The van der Waals surface area contributed by atoms with Gasteiger partial charge in [-0.3, -0.25) is 14.3 Å². The van der Waals surface area contributed by atoms with Gasteiger partial charge in [0.2, 0.25) is 5.91 Å². The van der Waals surface area contributed by atoms with E-state index in [0.29, 0.717) is 25.3 Å². The molecule has 0 fully saturated rings. The number of hydrogen-bond donors (Lipinski definition) is 2. The number of aromatic nitrogens is 2. The van der Waals surface area contributed by atoms with E-state index < -0.39 is 6.04 Å². The van der Waals surface area contributed by atoms with Crippen LogP contribution < -0.4 is 11.1 Å². The van der Waals surface area contributed by atoms with Crippen molar-refractivity contribution >= 4 is 17.5 Å². The molecule has 0 saturated carbocycles. The molecule has 7 heteroatoms. The molecule has 3 rings (SSSR count). The molecule has 0 saturated heterocycles. The van der Waals surface area contributed by atoms with E-state index in [2.05, 4.69) is 10.4 Å². The Morgan fingerprint density at radius 3 is 2.70 bits per heavy atom. The largest absolute Gasteiger partial charge is 0.334 e. The summed E-state index contributed by atoms with van der Waals surface area (Å²) < 4.78 is 1.77. The summed E-state index contributed by atoms with van der Waals surface area (Å²) in [5.41, 5.74) is 7.55. The Bertz CT molecular complexity index is 723. The Kier molecular flexibility index (Phi) is 4.12. The zero-order valence-electron chi connectivity index (χ0n) is 12.9. The van der Waals surface area contributed by atoms with Gasteiger partial charge >= 0.3 is 0 Å². The molecule has 0 radical (unpaired) electrons. The van der Waals surface area contributed by atoms with Gasteiger partial charge < -0.3 is 16.0 Å². The Labute approximate surface area is 134 Å². The Hall–Kier alpha value is -2.67. The van der Waals surface area contributed by atoms with Crippen LogP contribution in [0.3, 0.4) is 0 Å². The van der Waals surface area contributed by atoms with Gasteiger partial charge in [0, 0.05) is 12.2 Å². The number of hydrogen-bond acceptors (Lipinski definition) is 4. The van der Waals surface area contributed by atoms with Crippen LogP contribution in [0.2, 0.25) is 0 Å². The fourth-order valence-electron chi connectivity index (χ4n) is 2.57. The summed E-state index contributed by atoms with van der Waals surface area (Å²) in [5.74, 6) is -0.351. The number of anilines is 1. The van der Waals surface area contributed by atoms with Crippen molar-refractivity contribution in [2.75, 3.05) is 11.9 Å². The molecule has 2 heterocycles. The minimum atomic E-state index is -0.523. The van der Waals surface area contributed by atoms with E-state index >= 15 is 0 Å². The number of para-hydroxylation sites is 1. The quantitative estimate of drug-likeness (QED) is 0.877. The Morgan fingerprint density at radius 1 is 1.26 bits per heavy atom. The normalized spacial score (nSPS) is 15.0. The fourth-order valence-corrected chi connectivity index (χ4v) is 2.57. The highest BCUT2D eigenvalue weighted by molar-refractivity contribution is 6.02. The molecule has 1 aromatic carbocycles. The number of benzene rings is 1. The fraction of sp³-hybridized carbons (Fsp3) is 0.312. The summed E-state index contributed by atoms with van der Waals surface area (Å²) in [7, 11) is 0. The number of nitrogens with one attached hydrogen (secondary N) is 1. The predicted octanol–water partition coefficient (Wildman–Crippen LogP) is 0.825. The third kappa shape index (κ3) is 3.24. The van der Waals surface area contributed by atoms with Crippen molar-refractivity contribution in [1.29, 1.82) is 0 Å². The number of carbonyl (C=O) groups is 2. The Morgan fingerprint density at radius 2 is 2.00 bits per heavy atom. The molecule has 1 aromatic heterocycles. The van der Waals surface area contributed by atoms with Crippen molar-refractivity contribution in [1.82, 2.24) is 14.7 Å². The SMILES string of the molecule is C[C@@H](N)C(=O)N1CCn2nc(C(=O)Nc3ccccc3)cc2C1. The molecule has 2 amide bonds. The predicted molar refractivity (Wildman–Crippen MR) is 85.7 cm³/mol. The standard InChI is InChI=1S/C16H19N5O2/c1-11(17)16(23)20-7-8-21-13(10-20)9-14(19-21)15(22)18-12-5-3-2-4-6-12/h2-6,9,11H,7-8,10,17H2,1H3,(H,18,22)/t11-/m1/s1. The van der Waals surface area contributed by atoms with Crippen molar-refractivity contribution in [3.63, 3.8) is 0 Å². The van der Waals surface area contributed by atoms with E-state index in [-0.39, 0.29) is 11.8 Å². The number of amides is 2. The van der Waals surface area contributed by atoms with Crippen LogP contribution in [0.5, 0.6) is 0 Å². The van der Waals surface area contributed by atoms with Crippen molar-refractivity contribution < 1.29 is 9.59 Å². The van der Waals surface area contributed by atoms with Crippen molar-refractivity contribution in [3.8, 4) is 0 Å². The first kappa shape index (κ1) is 15.2. The van der Waals surface area contributed by atoms with Gasteiger partial charge in [-0.05, 0) is 25.1 Å². The smallest absolute Gasteiger partial charge is 0.276 e. The number of nitrogens with zero attached hydrogens (tertiary/aromatic N) is 3. The lowest BCUT2D eigenvalue weighted by Gasteiger charge is -2.28. The minimum Gasteiger partial charge on any atom is -0.334 e. The average Bonchev–Trinajstić information content (AvgIpc) is 2.98. The Balaban J connectivity index is 1.73. The molecule has 1 atom stereocenters. The van der Waals surface area contributed by atoms with Gasteiger partial charge in [0.05, 0.1) is 24.8 Å². The summed E-state index contributed by atoms with van der Waals surface area (Å²) in [6.45, 7) is 3.21. The topological polar surface area (TPSA) is 93.2 Å². The average molecular weight is 313 g/mol. The second kappa shape index (κ2) is 6.21. The van der Waals surface area contributed by atoms with Gasteiger partial charge in [0.25, 0.3) is 5.91 Å². The maximum Gasteiger partial charge on any atom is 0.276 e. The van der Waals surface area contributed by atoms with E-state index in [1.54, 1.807) is 22.6 Å². The van der Waals surface area contributed by atoms with Crippen LogP contribution in [0, 0.1) is 0 Å². The van der Waals surface area contributed by atoms with E-state index in [0.717, 1.165) is 11.4 Å². The molecule has 1 aliphatic rings. The van der Waals surface area contributed by atoms with E-state index in [9.17, 15) is 9.59 Å². The molecule has 23 heavy (non-hydrogen) atoms. The van der Waals surface area contributed by atoms with Crippen LogP contribution in [0.1, 0.15) is 23.1 Å². The van der Waals surface area contributed by atoms with E-state index in [4.69, 9.17) is 5.73 Å². The highest BCUT2D eigenvalue weighted by Gasteiger charge is 2.25. The van der Waals surface area contributed by atoms with Crippen LogP contribution in [0.4, 0.5) is 5.69 Å². The molecule has 0 spiro atoms. The summed E-state index contributed by atoms with van der Waals surface area (Å²) in [6, 6.07) is 10.4. The molecular formula is C16H19N5O2. The van der Waals surface area contributed by atoms with Crippen molar-refractivity contribution in [2.24, 2.45) is 5.73 Å². The number of carbonyl (C=O) groups excluding carboxylic acids is 2. The molecule has 0 unspecified atom stereocenters. The van der Waals surface area contributed by atoms with E-state index in [1.807, 2.05) is 30.3 Å². The van der Waals surface area contributed by atoms with Gasteiger partial charge in [0.15, 0.2) is 5.69 Å². The van der Waals surface area contributed by atoms with Gasteiger partial charge in [-0.25, -0.2) is 0 Å².